The Labute approximate surface area is 148 Å². The van der Waals surface area contributed by atoms with Crippen LogP contribution in [0.2, 0.25) is 0 Å². The average Bonchev–Trinajstić information content (AvgIpc) is 3.19. The minimum atomic E-state index is -0.661. The van der Waals surface area contributed by atoms with Crippen LogP contribution in [-0.2, 0) is 0 Å². The van der Waals surface area contributed by atoms with Crippen LogP contribution >= 0.6 is 0 Å². The average molecular weight is 337 g/mol. The fourth-order valence-electron chi connectivity index (χ4n) is 4.53. The summed E-state index contributed by atoms with van der Waals surface area (Å²) in [5.41, 5.74) is 1.64. The smallest absolute Gasteiger partial charge is 0.123 e. The summed E-state index contributed by atoms with van der Waals surface area (Å²) in [6.07, 6.45) is 8.67. The van der Waals surface area contributed by atoms with Gasteiger partial charge in [0.15, 0.2) is 0 Å². The topological polar surface area (TPSA) is 32.3 Å². The maximum absolute atomic E-state index is 13.5. The molecule has 2 aliphatic rings. The van der Waals surface area contributed by atoms with Gasteiger partial charge in [-0.3, -0.25) is 0 Å². The number of rotatable bonds is 5. The zero-order valence-electron chi connectivity index (χ0n) is 14.3. The minimum absolute atomic E-state index is 0.0690. The van der Waals surface area contributed by atoms with Crippen LogP contribution in [0.25, 0.3) is 6.08 Å². The summed E-state index contributed by atoms with van der Waals surface area (Å²) in [5, 5.41) is 14.6. The van der Waals surface area contributed by atoms with Gasteiger partial charge in [0, 0.05) is 11.1 Å². The number of hydrogen-bond donors (Lipinski definition) is 2. The van der Waals surface area contributed by atoms with E-state index in [1.54, 1.807) is 6.07 Å². The molecule has 3 heteroatoms. The van der Waals surface area contributed by atoms with E-state index in [1.165, 1.54) is 17.7 Å². The third-order valence-corrected chi connectivity index (χ3v) is 5.92. The monoisotopic (exact) mass is 337 g/mol. The summed E-state index contributed by atoms with van der Waals surface area (Å²) in [4.78, 5) is 0. The van der Waals surface area contributed by atoms with Crippen LogP contribution < -0.4 is 5.32 Å². The fraction of sp³-hybridized carbons (Fsp3) is 0.364. The molecular weight excluding hydrogens is 313 g/mol. The third kappa shape index (κ3) is 3.14. The molecule has 130 valence electrons. The van der Waals surface area contributed by atoms with E-state index < -0.39 is 6.10 Å². The van der Waals surface area contributed by atoms with Crippen molar-refractivity contribution in [1.82, 2.24) is 5.32 Å². The molecule has 4 rings (SSSR count). The molecule has 1 atom stereocenters. The lowest BCUT2D eigenvalue weighted by atomic mass is 9.76. The highest BCUT2D eigenvalue weighted by Gasteiger charge is 2.56. The third-order valence-electron chi connectivity index (χ3n) is 5.92. The van der Waals surface area contributed by atoms with Crippen LogP contribution in [-0.4, -0.2) is 16.2 Å². The van der Waals surface area contributed by atoms with Gasteiger partial charge >= 0.3 is 0 Å². The normalized spacial score (nSPS) is 29.4. The van der Waals surface area contributed by atoms with Gasteiger partial charge < -0.3 is 10.4 Å². The molecule has 2 aromatic carbocycles. The predicted molar refractivity (Wildman–Crippen MR) is 98.5 cm³/mol. The molecule has 0 spiro atoms. The van der Waals surface area contributed by atoms with E-state index in [9.17, 15) is 9.50 Å². The maximum Gasteiger partial charge on any atom is 0.123 e. The number of nitrogens with one attached hydrogen (secondary N) is 1. The Morgan fingerprint density at radius 1 is 1.04 bits per heavy atom. The molecule has 0 unspecified atom stereocenters. The summed E-state index contributed by atoms with van der Waals surface area (Å²) in [6.45, 7) is 0. The van der Waals surface area contributed by atoms with Crippen LogP contribution in [0.3, 0.4) is 0 Å². The first kappa shape index (κ1) is 16.5. The van der Waals surface area contributed by atoms with Gasteiger partial charge in [0.1, 0.15) is 5.82 Å². The molecule has 2 nitrogen and oxygen atoms in total. The molecule has 2 aromatic rings. The molecule has 2 aliphatic heterocycles. The van der Waals surface area contributed by atoms with Crippen molar-refractivity contribution in [2.75, 3.05) is 0 Å². The second-order valence-electron chi connectivity index (χ2n) is 7.54. The van der Waals surface area contributed by atoms with Crippen LogP contribution in [0.5, 0.6) is 0 Å². The van der Waals surface area contributed by atoms with Crippen LogP contribution in [0.1, 0.15) is 49.3 Å². The van der Waals surface area contributed by atoms with Crippen molar-refractivity contribution in [2.24, 2.45) is 0 Å². The number of aliphatic hydroxyl groups excluding tert-OH is 1. The lowest BCUT2D eigenvalue weighted by Crippen LogP contribution is -2.46. The quantitative estimate of drug-likeness (QED) is 0.834. The molecule has 2 bridgehead atoms. The van der Waals surface area contributed by atoms with Crippen molar-refractivity contribution in [3.05, 3.63) is 77.6 Å². The van der Waals surface area contributed by atoms with E-state index in [4.69, 9.17) is 0 Å². The first-order chi connectivity index (χ1) is 12.1. The van der Waals surface area contributed by atoms with Crippen molar-refractivity contribution in [3.8, 4) is 0 Å². The molecule has 0 saturated carbocycles. The van der Waals surface area contributed by atoms with Crippen molar-refractivity contribution >= 4 is 6.08 Å². The van der Waals surface area contributed by atoms with E-state index in [1.807, 2.05) is 24.3 Å². The molecule has 0 aliphatic carbocycles. The summed E-state index contributed by atoms with van der Waals surface area (Å²) in [6, 6.07) is 16.7. The molecule has 2 fully saturated rings. The molecule has 0 amide bonds. The number of benzene rings is 2. The standard InChI is InChI=1S/C22H24FNO/c23-19-10-4-9-18(16-19)20(25)22-14-12-21(24-22,13-15-22)11-5-8-17-6-2-1-3-7-17/h1-10,16,20,24-25H,11-15H2/b8-5+/t20-,21?,22?/m0/s1. The molecule has 0 radical (unpaired) electrons. The lowest BCUT2D eigenvalue weighted by Gasteiger charge is -2.32. The van der Waals surface area contributed by atoms with E-state index in [2.05, 4.69) is 29.6 Å². The first-order valence-corrected chi connectivity index (χ1v) is 9.05. The number of halogens is 1. The summed E-state index contributed by atoms with van der Waals surface area (Å²) >= 11 is 0. The molecule has 0 aromatic heterocycles. The van der Waals surface area contributed by atoms with E-state index in [0.717, 1.165) is 32.1 Å². The highest BCUT2D eigenvalue weighted by Crippen LogP contribution is 2.52. The second-order valence-corrected chi connectivity index (χ2v) is 7.54. The van der Waals surface area contributed by atoms with E-state index in [-0.39, 0.29) is 16.9 Å². The SMILES string of the molecule is O[C@@H](c1cccc(F)c1)C12CCC(C/C=C/c3ccccc3)(CC1)N2. The Hall–Kier alpha value is -1.97. The van der Waals surface area contributed by atoms with Crippen molar-refractivity contribution in [2.45, 2.75) is 49.3 Å². The summed E-state index contributed by atoms with van der Waals surface area (Å²) in [7, 11) is 0. The minimum Gasteiger partial charge on any atom is -0.386 e. The molecule has 2 heterocycles. The van der Waals surface area contributed by atoms with Crippen LogP contribution in [0, 0.1) is 5.82 Å². The van der Waals surface area contributed by atoms with Gasteiger partial charge in [0.25, 0.3) is 0 Å². The predicted octanol–water partition coefficient (Wildman–Crippen LogP) is 4.62. The van der Waals surface area contributed by atoms with Gasteiger partial charge in [0.2, 0.25) is 0 Å². The van der Waals surface area contributed by atoms with Gasteiger partial charge in [-0.2, -0.15) is 0 Å². The van der Waals surface area contributed by atoms with E-state index in [0.29, 0.717) is 5.56 Å². The Bertz CT molecular complexity index is 763. The van der Waals surface area contributed by atoms with Gasteiger partial charge in [-0.1, -0.05) is 54.6 Å². The first-order valence-electron chi connectivity index (χ1n) is 9.05. The van der Waals surface area contributed by atoms with Crippen LogP contribution in [0.4, 0.5) is 4.39 Å². The highest BCUT2D eigenvalue weighted by atomic mass is 19.1. The zero-order chi connectivity index (χ0) is 17.3. The Morgan fingerprint density at radius 3 is 2.52 bits per heavy atom. The van der Waals surface area contributed by atoms with Crippen molar-refractivity contribution in [3.63, 3.8) is 0 Å². The molecular formula is C22H24FNO. The summed E-state index contributed by atoms with van der Waals surface area (Å²) in [5.74, 6) is -0.291. The molecule has 2 N–H and O–H groups in total. The van der Waals surface area contributed by atoms with Crippen molar-refractivity contribution in [1.29, 1.82) is 0 Å². The Balaban J connectivity index is 1.46. The van der Waals surface area contributed by atoms with Crippen LogP contribution in [0.15, 0.2) is 60.7 Å². The highest BCUT2D eigenvalue weighted by molar-refractivity contribution is 5.49. The Kier molecular flexibility index (Phi) is 4.22. The van der Waals surface area contributed by atoms with E-state index >= 15 is 0 Å². The number of aliphatic hydroxyl groups is 1. The molecule has 2 saturated heterocycles. The lowest BCUT2D eigenvalue weighted by molar-refractivity contribution is 0.0734. The number of fused-ring (bicyclic) bond motifs is 2. The molecule has 25 heavy (non-hydrogen) atoms. The van der Waals surface area contributed by atoms with Crippen molar-refractivity contribution < 1.29 is 9.50 Å². The van der Waals surface area contributed by atoms with Gasteiger partial charge in [-0.05, 0) is 55.4 Å². The maximum atomic E-state index is 13.5. The Morgan fingerprint density at radius 2 is 1.80 bits per heavy atom. The zero-order valence-corrected chi connectivity index (χ0v) is 14.3. The largest absolute Gasteiger partial charge is 0.386 e. The second kappa shape index (κ2) is 6.40. The van der Waals surface area contributed by atoms with Gasteiger partial charge in [-0.15, -0.1) is 0 Å². The van der Waals surface area contributed by atoms with Gasteiger partial charge in [0.05, 0.1) is 6.10 Å². The van der Waals surface area contributed by atoms with Gasteiger partial charge in [-0.25, -0.2) is 4.39 Å². The fourth-order valence-corrected chi connectivity index (χ4v) is 4.53. The number of hydrogen-bond acceptors (Lipinski definition) is 2. The summed E-state index contributed by atoms with van der Waals surface area (Å²) < 4.78 is 13.5.